The van der Waals surface area contributed by atoms with E-state index in [2.05, 4.69) is 38.2 Å². The van der Waals surface area contributed by atoms with E-state index < -0.39 is 0 Å². The van der Waals surface area contributed by atoms with Crippen LogP contribution in [-0.4, -0.2) is 65.3 Å². The standard InChI is InChI=1S/C13H21BrN4O3/c1-2-17-4-6-21-10(9-17)7-15-11-8-16-18(3-5-19)13(20)12(11)14/h8,10,15,19H,2-7,9H2,1H3. The van der Waals surface area contributed by atoms with Crippen LogP contribution in [0.2, 0.25) is 0 Å². The first-order valence-electron chi connectivity index (χ1n) is 7.10. The molecule has 8 heteroatoms. The van der Waals surface area contributed by atoms with Crippen molar-refractivity contribution in [2.24, 2.45) is 0 Å². The van der Waals surface area contributed by atoms with Crippen molar-refractivity contribution in [3.63, 3.8) is 0 Å². The van der Waals surface area contributed by atoms with E-state index in [1.54, 1.807) is 6.20 Å². The van der Waals surface area contributed by atoms with Gasteiger partial charge in [-0.1, -0.05) is 6.92 Å². The van der Waals surface area contributed by atoms with Gasteiger partial charge in [-0.2, -0.15) is 5.10 Å². The molecule has 0 aliphatic carbocycles. The second-order valence-corrected chi connectivity index (χ2v) is 5.68. The Morgan fingerprint density at radius 2 is 2.43 bits per heavy atom. The number of rotatable bonds is 6. The maximum atomic E-state index is 12.0. The first-order valence-corrected chi connectivity index (χ1v) is 7.89. The number of halogens is 1. The summed E-state index contributed by atoms with van der Waals surface area (Å²) in [7, 11) is 0. The highest BCUT2D eigenvalue weighted by Gasteiger charge is 2.19. The van der Waals surface area contributed by atoms with Crippen LogP contribution in [0.3, 0.4) is 0 Å². The molecule has 0 aromatic carbocycles. The average molecular weight is 361 g/mol. The van der Waals surface area contributed by atoms with Gasteiger partial charge in [-0.3, -0.25) is 9.69 Å². The Morgan fingerprint density at radius 1 is 1.62 bits per heavy atom. The van der Waals surface area contributed by atoms with Crippen molar-refractivity contribution < 1.29 is 9.84 Å². The van der Waals surface area contributed by atoms with Gasteiger partial charge in [-0.15, -0.1) is 0 Å². The summed E-state index contributed by atoms with van der Waals surface area (Å²) in [5, 5.41) is 16.1. The molecule has 2 heterocycles. The number of nitrogens with one attached hydrogen (secondary N) is 1. The fourth-order valence-electron chi connectivity index (χ4n) is 2.26. The summed E-state index contributed by atoms with van der Waals surface area (Å²) in [4.78, 5) is 14.3. The molecule has 0 spiro atoms. The van der Waals surface area contributed by atoms with E-state index in [0.29, 0.717) is 16.7 Å². The normalized spacial score (nSPS) is 19.7. The summed E-state index contributed by atoms with van der Waals surface area (Å²) < 4.78 is 7.36. The zero-order valence-electron chi connectivity index (χ0n) is 12.1. The SMILES string of the molecule is CCN1CCOC(CNc2cnn(CCO)c(=O)c2Br)C1. The van der Waals surface area contributed by atoms with Crippen LogP contribution < -0.4 is 10.9 Å². The molecular formula is C13H21BrN4O3. The van der Waals surface area contributed by atoms with Gasteiger partial charge >= 0.3 is 0 Å². The molecule has 7 nitrogen and oxygen atoms in total. The maximum Gasteiger partial charge on any atom is 0.283 e. The molecule has 0 bridgehead atoms. The van der Waals surface area contributed by atoms with Crippen LogP contribution in [0.4, 0.5) is 5.69 Å². The molecule has 1 aliphatic rings. The zero-order valence-corrected chi connectivity index (χ0v) is 13.7. The fourth-order valence-corrected chi connectivity index (χ4v) is 2.70. The second-order valence-electron chi connectivity index (χ2n) is 4.89. The lowest BCUT2D eigenvalue weighted by atomic mass is 10.2. The van der Waals surface area contributed by atoms with Gasteiger partial charge in [-0.25, -0.2) is 4.68 Å². The molecule has 1 aromatic rings. The number of hydrogen-bond donors (Lipinski definition) is 2. The molecule has 0 amide bonds. The molecule has 1 aromatic heterocycles. The highest BCUT2D eigenvalue weighted by atomic mass is 79.9. The molecule has 2 rings (SSSR count). The predicted octanol–water partition coefficient (Wildman–Crippen LogP) is 0.131. The molecule has 2 N–H and O–H groups in total. The van der Waals surface area contributed by atoms with E-state index >= 15 is 0 Å². The third kappa shape index (κ3) is 4.26. The number of likely N-dealkylation sites (N-methyl/N-ethyl adjacent to an activating group) is 1. The van der Waals surface area contributed by atoms with E-state index in [9.17, 15) is 4.79 Å². The topological polar surface area (TPSA) is 79.6 Å². The summed E-state index contributed by atoms with van der Waals surface area (Å²) >= 11 is 3.28. The van der Waals surface area contributed by atoms with Crippen molar-refractivity contribution >= 4 is 21.6 Å². The van der Waals surface area contributed by atoms with E-state index in [4.69, 9.17) is 9.84 Å². The quantitative estimate of drug-likeness (QED) is 0.750. The molecule has 0 radical (unpaired) electrons. The summed E-state index contributed by atoms with van der Waals surface area (Å²) in [6.45, 7) is 6.44. The second kappa shape index (κ2) is 7.88. The molecule has 21 heavy (non-hydrogen) atoms. The van der Waals surface area contributed by atoms with Gasteiger partial charge < -0.3 is 15.2 Å². The number of nitrogens with zero attached hydrogens (tertiary/aromatic N) is 3. The minimum absolute atomic E-state index is 0.102. The first-order chi connectivity index (χ1) is 10.2. The molecule has 1 unspecified atom stereocenters. The zero-order chi connectivity index (χ0) is 15.2. The first kappa shape index (κ1) is 16.4. The third-order valence-electron chi connectivity index (χ3n) is 3.49. The summed E-state index contributed by atoms with van der Waals surface area (Å²) in [6, 6.07) is 0. The summed E-state index contributed by atoms with van der Waals surface area (Å²) in [5.74, 6) is 0. The van der Waals surface area contributed by atoms with E-state index in [1.807, 2.05) is 0 Å². The van der Waals surface area contributed by atoms with Crippen molar-refractivity contribution in [2.45, 2.75) is 19.6 Å². The molecule has 1 saturated heterocycles. The van der Waals surface area contributed by atoms with Crippen LogP contribution in [0, 0.1) is 0 Å². The van der Waals surface area contributed by atoms with Gasteiger partial charge in [-0.05, 0) is 22.5 Å². The number of ether oxygens (including phenoxy) is 1. The number of hydrogen-bond acceptors (Lipinski definition) is 6. The van der Waals surface area contributed by atoms with Crippen molar-refractivity contribution in [1.29, 1.82) is 0 Å². The van der Waals surface area contributed by atoms with Crippen molar-refractivity contribution in [3.05, 3.63) is 21.0 Å². The Balaban J connectivity index is 1.97. The van der Waals surface area contributed by atoms with Gasteiger partial charge in [0, 0.05) is 19.6 Å². The predicted molar refractivity (Wildman–Crippen MR) is 83.6 cm³/mol. The van der Waals surface area contributed by atoms with Gasteiger partial charge in [0.25, 0.3) is 5.56 Å². The van der Waals surface area contributed by atoms with E-state index in [1.165, 1.54) is 4.68 Å². The molecule has 1 aliphatic heterocycles. The summed E-state index contributed by atoms with van der Waals surface area (Å²) in [6.07, 6.45) is 1.69. The lowest BCUT2D eigenvalue weighted by Gasteiger charge is -2.32. The van der Waals surface area contributed by atoms with Crippen LogP contribution in [0.15, 0.2) is 15.5 Å². The van der Waals surface area contributed by atoms with Crippen LogP contribution in [0.1, 0.15) is 6.92 Å². The number of morpholine rings is 1. The Morgan fingerprint density at radius 3 is 3.14 bits per heavy atom. The molecule has 1 atom stereocenters. The average Bonchev–Trinajstić information content (AvgIpc) is 2.51. The van der Waals surface area contributed by atoms with Crippen molar-refractivity contribution in [3.8, 4) is 0 Å². The molecule has 0 saturated carbocycles. The minimum Gasteiger partial charge on any atom is -0.394 e. The van der Waals surface area contributed by atoms with E-state index in [0.717, 1.165) is 26.2 Å². The number of aliphatic hydroxyl groups excluding tert-OH is 1. The molecular weight excluding hydrogens is 340 g/mol. The monoisotopic (exact) mass is 360 g/mol. The number of aromatic nitrogens is 2. The van der Waals surface area contributed by atoms with Gasteiger partial charge in [0.2, 0.25) is 0 Å². The van der Waals surface area contributed by atoms with E-state index in [-0.39, 0.29) is 24.8 Å². The molecule has 1 fully saturated rings. The summed E-state index contributed by atoms with van der Waals surface area (Å²) in [5.41, 5.74) is 0.389. The Labute approximate surface area is 132 Å². The van der Waals surface area contributed by atoms with Crippen molar-refractivity contribution in [2.75, 3.05) is 44.7 Å². The van der Waals surface area contributed by atoms with Gasteiger partial charge in [0.15, 0.2) is 0 Å². The van der Waals surface area contributed by atoms with Crippen LogP contribution in [0.5, 0.6) is 0 Å². The smallest absolute Gasteiger partial charge is 0.283 e. The number of aliphatic hydroxyl groups is 1. The Kier molecular flexibility index (Phi) is 6.16. The number of anilines is 1. The lowest BCUT2D eigenvalue weighted by molar-refractivity contribution is -0.0191. The lowest BCUT2D eigenvalue weighted by Crippen LogP contribution is -2.45. The highest BCUT2D eigenvalue weighted by molar-refractivity contribution is 9.10. The Bertz CT molecular complexity index is 523. The van der Waals surface area contributed by atoms with Crippen molar-refractivity contribution in [1.82, 2.24) is 14.7 Å². The van der Waals surface area contributed by atoms with Gasteiger partial charge in [0.1, 0.15) is 4.47 Å². The largest absolute Gasteiger partial charge is 0.394 e. The molecule has 118 valence electrons. The fraction of sp³-hybridized carbons (Fsp3) is 0.692. The Hall–Kier alpha value is -0.960. The maximum absolute atomic E-state index is 12.0. The van der Waals surface area contributed by atoms with Crippen LogP contribution in [0.25, 0.3) is 0 Å². The van der Waals surface area contributed by atoms with Gasteiger partial charge in [0.05, 0.1) is 37.7 Å². The highest BCUT2D eigenvalue weighted by Crippen LogP contribution is 2.16. The van der Waals surface area contributed by atoms with Crippen LogP contribution in [-0.2, 0) is 11.3 Å². The minimum atomic E-state index is -0.256. The third-order valence-corrected chi connectivity index (χ3v) is 4.25. The van der Waals surface area contributed by atoms with Crippen LogP contribution >= 0.6 is 15.9 Å².